The third-order valence-corrected chi connectivity index (χ3v) is 4.54. The molecule has 0 spiro atoms. The summed E-state index contributed by atoms with van der Waals surface area (Å²) in [5.41, 5.74) is 1.79. The summed E-state index contributed by atoms with van der Waals surface area (Å²) in [5, 5.41) is 15.6. The van der Waals surface area contributed by atoms with Crippen molar-refractivity contribution in [2.45, 2.75) is 39.7 Å². The van der Waals surface area contributed by atoms with Crippen molar-refractivity contribution in [3.05, 3.63) is 32.8 Å². The van der Waals surface area contributed by atoms with Crippen LogP contribution in [-0.2, 0) is 0 Å². The lowest BCUT2D eigenvalue weighted by atomic mass is 9.92. The molecule has 0 bridgehead atoms. The van der Waals surface area contributed by atoms with E-state index in [4.69, 9.17) is 0 Å². The van der Waals surface area contributed by atoms with Crippen LogP contribution in [0.1, 0.15) is 37.3 Å². The van der Waals surface area contributed by atoms with Gasteiger partial charge in [0, 0.05) is 23.6 Å². The third-order valence-electron chi connectivity index (χ3n) is 3.61. The largest absolute Gasteiger partial charge is 0.314 e. The van der Waals surface area contributed by atoms with Crippen molar-refractivity contribution in [3.63, 3.8) is 0 Å². The average molecular weight is 293 g/mol. The van der Waals surface area contributed by atoms with Gasteiger partial charge in [-0.25, -0.2) is 4.98 Å². The van der Waals surface area contributed by atoms with Crippen LogP contribution in [0.15, 0.2) is 12.1 Å². The molecule has 0 amide bonds. The second-order valence-corrected chi connectivity index (χ2v) is 6.24. The number of nitro groups is 1. The van der Waals surface area contributed by atoms with Crippen molar-refractivity contribution in [1.82, 2.24) is 10.3 Å². The Morgan fingerprint density at radius 1 is 1.45 bits per heavy atom. The number of nitrogens with one attached hydrogen (secondary N) is 1. The van der Waals surface area contributed by atoms with E-state index >= 15 is 0 Å². The predicted molar refractivity (Wildman–Crippen MR) is 82.6 cm³/mol. The molecule has 2 rings (SSSR count). The van der Waals surface area contributed by atoms with Crippen LogP contribution >= 0.6 is 11.3 Å². The van der Waals surface area contributed by atoms with E-state index < -0.39 is 0 Å². The van der Waals surface area contributed by atoms with Gasteiger partial charge < -0.3 is 5.32 Å². The molecular weight excluding hydrogens is 274 g/mol. The van der Waals surface area contributed by atoms with E-state index in [0.717, 1.165) is 27.3 Å². The molecule has 108 valence electrons. The van der Waals surface area contributed by atoms with E-state index in [9.17, 15) is 10.1 Å². The summed E-state index contributed by atoms with van der Waals surface area (Å²) in [5.74, 6) is 0.0572. The molecule has 20 heavy (non-hydrogen) atoms. The minimum Gasteiger partial charge on any atom is -0.314 e. The Bertz CT molecular complexity index is 639. The lowest BCUT2D eigenvalue weighted by molar-refractivity contribution is -0.385. The van der Waals surface area contributed by atoms with Gasteiger partial charge in [-0.1, -0.05) is 13.8 Å². The fourth-order valence-electron chi connectivity index (χ4n) is 2.39. The van der Waals surface area contributed by atoms with Gasteiger partial charge >= 0.3 is 0 Å². The molecule has 0 radical (unpaired) electrons. The first-order valence-electron chi connectivity index (χ1n) is 6.72. The van der Waals surface area contributed by atoms with Crippen molar-refractivity contribution in [3.8, 4) is 0 Å². The van der Waals surface area contributed by atoms with E-state index in [1.165, 1.54) is 11.3 Å². The molecule has 2 unspecified atom stereocenters. The number of hydrogen-bond donors (Lipinski definition) is 1. The zero-order valence-electron chi connectivity index (χ0n) is 12.1. The summed E-state index contributed by atoms with van der Waals surface area (Å²) < 4.78 is 0.876. The third kappa shape index (κ3) is 2.81. The quantitative estimate of drug-likeness (QED) is 0.675. The fourth-order valence-corrected chi connectivity index (χ4v) is 3.23. The Morgan fingerprint density at radius 2 is 2.15 bits per heavy atom. The number of hydrogen-bond acceptors (Lipinski definition) is 5. The van der Waals surface area contributed by atoms with Gasteiger partial charge in [-0.15, -0.1) is 11.3 Å². The van der Waals surface area contributed by atoms with Gasteiger partial charge in [0.2, 0.25) is 0 Å². The van der Waals surface area contributed by atoms with Crippen LogP contribution in [0.2, 0.25) is 0 Å². The van der Waals surface area contributed by atoms with Crippen molar-refractivity contribution in [2.24, 2.45) is 0 Å². The summed E-state index contributed by atoms with van der Waals surface area (Å²) in [6, 6.07) is 3.70. The van der Waals surface area contributed by atoms with Crippen LogP contribution in [0, 0.1) is 17.0 Å². The number of thiazole rings is 1. The van der Waals surface area contributed by atoms with Crippen LogP contribution in [0.3, 0.4) is 0 Å². The average Bonchev–Trinajstić information content (AvgIpc) is 2.75. The number of benzene rings is 1. The molecule has 1 aromatic heterocycles. The molecule has 1 heterocycles. The second-order valence-electron chi connectivity index (χ2n) is 5.00. The van der Waals surface area contributed by atoms with Crippen LogP contribution in [0.4, 0.5) is 5.69 Å². The van der Waals surface area contributed by atoms with Gasteiger partial charge in [0.15, 0.2) is 0 Å². The monoisotopic (exact) mass is 293 g/mol. The number of fused-ring (bicyclic) bond motifs is 1. The van der Waals surface area contributed by atoms with Crippen LogP contribution in [0.5, 0.6) is 0 Å². The summed E-state index contributed by atoms with van der Waals surface area (Å²) in [6.07, 6.45) is 0. The topological polar surface area (TPSA) is 68.1 Å². The second kappa shape index (κ2) is 5.85. The molecule has 0 aliphatic rings. The maximum absolute atomic E-state index is 11.3. The van der Waals surface area contributed by atoms with Crippen LogP contribution < -0.4 is 5.32 Å². The number of nitro benzene ring substituents is 1. The Hall–Kier alpha value is -1.53. The highest BCUT2D eigenvalue weighted by Crippen LogP contribution is 2.34. The normalized spacial score (nSPS) is 14.4. The minimum absolute atomic E-state index is 0.0572. The molecule has 6 heteroatoms. The zero-order valence-corrected chi connectivity index (χ0v) is 13.0. The highest BCUT2D eigenvalue weighted by molar-refractivity contribution is 7.18. The molecule has 0 saturated heterocycles. The fraction of sp³-hybridized carbons (Fsp3) is 0.500. The van der Waals surface area contributed by atoms with Crippen LogP contribution in [0.25, 0.3) is 10.2 Å². The molecule has 2 aromatic rings. The van der Waals surface area contributed by atoms with Crippen LogP contribution in [-0.4, -0.2) is 22.5 Å². The van der Waals surface area contributed by atoms with E-state index in [0.29, 0.717) is 0 Å². The van der Waals surface area contributed by atoms with Gasteiger partial charge in [-0.05, 0) is 26.5 Å². The maximum atomic E-state index is 11.3. The van der Waals surface area contributed by atoms with E-state index in [-0.39, 0.29) is 22.6 Å². The van der Waals surface area contributed by atoms with E-state index in [1.54, 1.807) is 6.07 Å². The number of nitrogens with zero attached hydrogens (tertiary/aromatic N) is 2. The number of rotatable bonds is 5. The van der Waals surface area contributed by atoms with Gasteiger partial charge in [0.05, 0.1) is 20.1 Å². The first-order valence-corrected chi connectivity index (χ1v) is 7.54. The molecular formula is C14H19N3O2S. The van der Waals surface area contributed by atoms with E-state index in [1.807, 2.05) is 33.8 Å². The Kier molecular flexibility index (Phi) is 4.35. The Balaban J connectivity index is 2.54. The summed E-state index contributed by atoms with van der Waals surface area (Å²) in [7, 11) is 0. The Labute approximate surface area is 122 Å². The summed E-state index contributed by atoms with van der Waals surface area (Å²) in [4.78, 5) is 15.5. The lowest BCUT2D eigenvalue weighted by Gasteiger charge is -2.20. The molecule has 0 aliphatic carbocycles. The molecule has 5 nitrogen and oxygen atoms in total. The van der Waals surface area contributed by atoms with Gasteiger partial charge in [-0.3, -0.25) is 10.1 Å². The first kappa shape index (κ1) is 14.9. The number of aryl methyl sites for hydroxylation is 1. The molecule has 0 fully saturated rings. The molecule has 0 saturated carbocycles. The highest BCUT2D eigenvalue weighted by atomic mass is 32.1. The summed E-state index contributed by atoms with van der Waals surface area (Å²) in [6.45, 7) is 8.86. The molecule has 1 aromatic carbocycles. The predicted octanol–water partition coefficient (Wildman–Crippen LogP) is 3.61. The van der Waals surface area contributed by atoms with Crippen molar-refractivity contribution in [2.75, 3.05) is 6.54 Å². The highest BCUT2D eigenvalue weighted by Gasteiger charge is 2.24. The van der Waals surface area contributed by atoms with Gasteiger partial charge in [0.25, 0.3) is 5.69 Å². The molecule has 0 aliphatic heterocycles. The number of aromatic nitrogens is 1. The smallest absolute Gasteiger partial charge is 0.274 e. The molecule has 1 N–H and O–H groups in total. The SMILES string of the molecule is CCNC(C)C(C)c1cc2nc(C)sc2cc1[N+](=O)[O-]. The standard InChI is InChI=1S/C14H19N3O2S/c1-5-15-9(3)8(2)11-6-12-14(20-10(4)16-12)7-13(11)17(18)19/h6-9,15H,5H2,1-4H3. The minimum atomic E-state index is -0.293. The van der Waals surface area contributed by atoms with Gasteiger partial charge in [0.1, 0.15) is 0 Å². The summed E-state index contributed by atoms with van der Waals surface area (Å²) >= 11 is 1.49. The van der Waals surface area contributed by atoms with Crippen molar-refractivity contribution in [1.29, 1.82) is 0 Å². The van der Waals surface area contributed by atoms with E-state index in [2.05, 4.69) is 10.3 Å². The maximum Gasteiger partial charge on any atom is 0.274 e. The van der Waals surface area contributed by atoms with Gasteiger partial charge in [-0.2, -0.15) is 0 Å². The lowest BCUT2D eigenvalue weighted by Crippen LogP contribution is -2.30. The number of likely N-dealkylation sites (N-methyl/N-ethyl adjacent to an activating group) is 1. The molecule has 2 atom stereocenters. The zero-order chi connectivity index (χ0) is 14.9. The Morgan fingerprint density at radius 3 is 2.75 bits per heavy atom. The van der Waals surface area contributed by atoms with Crippen molar-refractivity contribution < 1.29 is 4.92 Å². The first-order chi connectivity index (χ1) is 9.43. The van der Waals surface area contributed by atoms with Crippen molar-refractivity contribution >= 4 is 27.2 Å².